The van der Waals surface area contributed by atoms with E-state index >= 15 is 0 Å². The van der Waals surface area contributed by atoms with Crippen LogP contribution in [0.25, 0.3) is 0 Å². The van der Waals surface area contributed by atoms with Crippen LogP contribution in [-0.2, 0) is 27.9 Å². The molecule has 0 aromatic carbocycles. The molecule has 0 fully saturated rings. The van der Waals surface area contributed by atoms with E-state index in [0.717, 1.165) is 0 Å². The molecule has 0 rings (SSSR count). The molecule has 7 nitrogen and oxygen atoms in total. The third-order valence-corrected chi connectivity index (χ3v) is 4.36. The van der Waals surface area contributed by atoms with Crippen LogP contribution in [0.5, 0.6) is 0 Å². The number of ether oxygens (including phenoxy) is 1. The van der Waals surface area contributed by atoms with Crippen LogP contribution in [-0.4, -0.2) is 44.4 Å². The first-order chi connectivity index (χ1) is 9.37. The molecule has 1 atom stereocenters. The Balaban J connectivity index is 4.91. The number of hydrogen-bond donors (Lipinski definition) is 1. The Hall–Kier alpha value is -1.17. The van der Waals surface area contributed by atoms with Crippen molar-refractivity contribution in [3.63, 3.8) is 0 Å². The van der Waals surface area contributed by atoms with E-state index in [2.05, 4.69) is 10.1 Å². The molecule has 0 saturated carbocycles. The van der Waals surface area contributed by atoms with E-state index in [1.165, 1.54) is 26.2 Å². The summed E-state index contributed by atoms with van der Waals surface area (Å²) >= 11 is 0. The van der Waals surface area contributed by atoms with Gasteiger partial charge in [0, 0.05) is 0 Å². The fraction of sp³-hybridized carbons (Fsp3) is 0.667. The van der Waals surface area contributed by atoms with Crippen LogP contribution < -0.4 is 5.32 Å². The molecule has 1 unspecified atom stereocenters. The Morgan fingerprint density at radius 1 is 1.30 bits per heavy atom. The number of amides is 1. The Kier molecular flexibility index (Phi) is 8.37. The lowest BCUT2D eigenvalue weighted by Gasteiger charge is -2.22. The zero-order chi connectivity index (χ0) is 15.6. The van der Waals surface area contributed by atoms with Crippen LogP contribution in [0.4, 0.5) is 0 Å². The molecule has 116 valence electrons. The summed E-state index contributed by atoms with van der Waals surface area (Å²) in [6.07, 6.45) is 3.27. The van der Waals surface area contributed by atoms with E-state index in [1.807, 2.05) is 0 Å². The molecule has 0 aliphatic rings. The molecular formula is C12H22NO6P. The summed E-state index contributed by atoms with van der Waals surface area (Å²) in [6, 6.07) is 0. The predicted molar refractivity (Wildman–Crippen MR) is 74.5 cm³/mol. The van der Waals surface area contributed by atoms with Gasteiger partial charge in [-0.2, -0.15) is 0 Å². The van der Waals surface area contributed by atoms with Gasteiger partial charge in [0.25, 0.3) is 0 Å². The van der Waals surface area contributed by atoms with Crippen molar-refractivity contribution in [3.8, 4) is 0 Å². The second kappa shape index (κ2) is 8.89. The average Bonchev–Trinajstić information content (AvgIpc) is 2.38. The number of rotatable bonds is 10. The molecule has 0 spiro atoms. The van der Waals surface area contributed by atoms with Crippen molar-refractivity contribution in [2.45, 2.75) is 26.3 Å². The highest BCUT2D eigenvalue weighted by Crippen LogP contribution is 2.47. The SMILES string of the molecule is CCOP(=O)(CC=CC(C)(NC=O)C(=O)OC)OCC. The second-order valence-corrected chi connectivity index (χ2v) is 6.09. The van der Waals surface area contributed by atoms with Gasteiger partial charge < -0.3 is 19.1 Å². The number of carbonyl (C=O) groups excluding carboxylic acids is 2. The Morgan fingerprint density at radius 2 is 1.85 bits per heavy atom. The molecule has 0 heterocycles. The summed E-state index contributed by atoms with van der Waals surface area (Å²) in [4.78, 5) is 22.2. The summed E-state index contributed by atoms with van der Waals surface area (Å²) in [5.41, 5.74) is -1.32. The van der Waals surface area contributed by atoms with Gasteiger partial charge in [-0.25, -0.2) is 4.79 Å². The van der Waals surface area contributed by atoms with Crippen molar-refractivity contribution >= 4 is 20.0 Å². The molecule has 0 radical (unpaired) electrons. The molecule has 1 amide bonds. The van der Waals surface area contributed by atoms with Crippen LogP contribution in [0.1, 0.15) is 20.8 Å². The first kappa shape index (κ1) is 18.8. The smallest absolute Gasteiger partial charge is 0.335 e. The van der Waals surface area contributed by atoms with Crippen molar-refractivity contribution < 1.29 is 27.9 Å². The van der Waals surface area contributed by atoms with E-state index in [-0.39, 0.29) is 19.4 Å². The predicted octanol–water partition coefficient (Wildman–Crippen LogP) is 1.49. The maximum absolute atomic E-state index is 12.2. The normalized spacial score (nSPS) is 14.8. The highest BCUT2D eigenvalue weighted by molar-refractivity contribution is 7.54. The highest BCUT2D eigenvalue weighted by atomic mass is 31.2. The third-order valence-electron chi connectivity index (χ3n) is 2.40. The van der Waals surface area contributed by atoms with Crippen LogP contribution in [0.3, 0.4) is 0 Å². The molecule has 0 aliphatic heterocycles. The van der Waals surface area contributed by atoms with Crippen molar-refractivity contribution in [1.82, 2.24) is 5.32 Å². The van der Waals surface area contributed by atoms with Gasteiger partial charge in [0.05, 0.1) is 26.5 Å². The lowest BCUT2D eigenvalue weighted by molar-refractivity contribution is -0.146. The van der Waals surface area contributed by atoms with Crippen molar-refractivity contribution in [2.75, 3.05) is 26.5 Å². The molecule has 20 heavy (non-hydrogen) atoms. The summed E-state index contributed by atoms with van der Waals surface area (Å²) < 4.78 is 27.0. The van der Waals surface area contributed by atoms with Gasteiger partial charge in [0.1, 0.15) is 0 Å². The summed E-state index contributed by atoms with van der Waals surface area (Å²) in [5, 5.41) is 2.35. The van der Waals surface area contributed by atoms with Crippen LogP contribution in [0, 0.1) is 0 Å². The van der Waals surface area contributed by atoms with E-state index in [0.29, 0.717) is 6.41 Å². The minimum absolute atomic E-state index is 0.00179. The monoisotopic (exact) mass is 307 g/mol. The largest absolute Gasteiger partial charge is 0.467 e. The standard InChI is InChI=1S/C12H22NO6P/c1-5-18-20(16,19-6-2)9-7-8-12(3,13-10-14)11(15)17-4/h7-8,10H,5-6,9H2,1-4H3,(H,13,14). The van der Waals surface area contributed by atoms with Gasteiger partial charge in [-0.15, -0.1) is 0 Å². The zero-order valence-electron chi connectivity index (χ0n) is 12.3. The van der Waals surface area contributed by atoms with E-state index in [4.69, 9.17) is 9.05 Å². The van der Waals surface area contributed by atoms with Gasteiger partial charge in [-0.1, -0.05) is 12.2 Å². The van der Waals surface area contributed by atoms with Crippen LogP contribution >= 0.6 is 7.60 Å². The summed E-state index contributed by atoms with van der Waals surface area (Å²) in [5.74, 6) is -0.636. The molecule has 8 heteroatoms. The lowest BCUT2D eigenvalue weighted by atomic mass is 10.0. The summed E-state index contributed by atoms with van der Waals surface area (Å²) in [6.45, 7) is 5.40. The Morgan fingerprint density at radius 3 is 2.25 bits per heavy atom. The van der Waals surface area contributed by atoms with Gasteiger partial charge in [-0.3, -0.25) is 9.36 Å². The first-order valence-electron chi connectivity index (χ1n) is 6.23. The highest BCUT2D eigenvalue weighted by Gasteiger charge is 2.31. The molecule has 0 aromatic rings. The minimum Gasteiger partial charge on any atom is -0.467 e. The van der Waals surface area contributed by atoms with E-state index in [1.54, 1.807) is 13.8 Å². The number of hydrogen-bond acceptors (Lipinski definition) is 6. The number of nitrogens with one attached hydrogen (secondary N) is 1. The quantitative estimate of drug-likeness (QED) is 0.284. The van der Waals surface area contributed by atoms with Gasteiger partial charge in [-0.05, 0) is 20.8 Å². The molecule has 0 saturated heterocycles. The van der Waals surface area contributed by atoms with Gasteiger partial charge in [0.15, 0.2) is 5.54 Å². The Labute approximate surface area is 119 Å². The Bertz CT molecular complexity index is 387. The molecule has 0 aromatic heterocycles. The number of methoxy groups -OCH3 is 1. The van der Waals surface area contributed by atoms with E-state index in [9.17, 15) is 14.2 Å². The first-order valence-corrected chi connectivity index (χ1v) is 7.95. The van der Waals surface area contributed by atoms with Crippen molar-refractivity contribution in [1.29, 1.82) is 0 Å². The van der Waals surface area contributed by atoms with Crippen molar-refractivity contribution in [3.05, 3.63) is 12.2 Å². The van der Waals surface area contributed by atoms with Crippen molar-refractivity contribution in [2.24, 2.45) is 0 Å². The number of esters is 1. The molecule has 1 N–H and O–H groups in total. The lowest BCUT2D eigenvalue weighted by Crippen LogP contribution is -2.47. The van der Waals surface area contributed by atoms with Gasteiger partial charge in [0.2, 0.25) is 6.41 Å². The van der Waals surface area contributed by atoms with Gasteiger partial charge >= 0.3 is 13.6 Å². The van der Waals surface area contributed by atoms with E-state index < -0.39 is 19.1 Å². The summed E-state index contributed by atoms with van der Waals surface area (Å²) in [7, 11) is -2.00. The fourth-order valence-electron chi connectivity index (χ4n) is 1.46. The molecular weight excluding hydrogens is 285 g/mol. The van der Waals surface area contributed by atoms with Crippen LogP contribution in [0.15, 0.2) is 12.2 Å². The fourth-order valence-corrected chi connectivity index (χ4v) is 2.90. The number of allylic oxidation sites excluding steroid dienone is 1. The maximum atomic E-state index is 12.2. The topological polar surface area (TPSA) is 90.9 Å². The minimum atomic E-state index is -3.22. The molecule has 0 aliphatic carbocycles. The number of carbonyl (C=O) groups is 2. The third kappa shape index (κ3) is 5.86. The molecule has 0 bridgehead atoms. The zero-order valence-corrected chi connectivity index (χ0v) is 13.1. The van der Waals surface area contributed by atoms with Crippen LogP contribution in [0.2, 0.25) is 0 Å². The second-order valence-electron chi connectivity index (χ2n) is 3.99. The average molecular weight is 307 g/mol. The maximum Gasteiger partial charge on any atom is 0.335 e.